The van der Waals surface area contributed by atoms with Gasteiger partial charge in [0.1, 0.15) is 0 Å². The van der Waals surface area contributed by atoms with Crippen LogP contribution >= 0.6 is 22.6 Å². The summed E-state index contributed by atoms with van der Waals surface area (Å²) in [4.78, 5) is 13.7. The fraction of sp³-hybridized carbons (Fsp3) is 0.562. The maximum Gasteiger partial charge on any atom is 0.305 e. The quantitative estimate of drug-likeness (QED) is 0.798. The fourth-order valence-corrected chi connectivity index (χ4v) is 3.42. The van der Waals surface area contributed by atoms with Crippen LogP contribution < -0.4 is 0 Å². The van der Waals surface area contributed by atoms with Gasteiger partial charge in [0.25, 0.3) is 0 Å². The van der Waals surface area contributed by atoms with Crippen molar-refractivity contribution in [1.82, 2.24) is 4.90 Å². The van der Waals surface area contributed by atoms with E-state index in [4.69, 9.17) is 0 Å². The van der Waals surface area contributed by atoms with Crippen molar-refractivity contribution in [2.24, 2.45) is 0 Å². The molecule has 1 N–H and O–H groups in total. The maximum absolute atomic E-state index is 11.4. The molecule has 0 aliphatic carbocycles. The van der Waals surface area contributed by atoms with E-state index in [1.165, 1.54) is 29.3 Å². The number of rotatable bonds is 4. The predicted molar refractivity (Wildman–Crippen MR) is 88.8 cm³/mol. The fourth-order valence-electron chi connectivity index (χ4n) is 3.06. The van der Waals surface area contributed by atoms with Crippen LogP contribution in [0.2, 0.25) is 0 Å². The number of aliphatic carboxylic acids is 1. The van der Waals surface area contributed by atoms with Gasteiger partial charge in [0.15, 0.2) is 0 Å². The molecule has 3 nitrogen and oxygen atoms in total. The molecule has 0 amide bonds. The van der Waals surface area contributed by atoms with Gasteiger partial charge >= 0.3 is 5.97 Å². The number of hydrogen-bond donors (Lipinski definition) is 1. The summed E-state index contributed by atoms with van der Waals surface area (Å²) in [6.45, 7) is 4.07. The highest BCUT2D eigenvalue weighted by molar-refractivity contribution is 14.1. The lowest BCUT2D eigenvalue weighted by molar-refractivity contribution is -0.140. The van der Waals surface area contributed by atoms with E-state index in [0.717, 1.165) is 18.7 Å². The van der Waals surface area contributed by atoms with Crippen molar-refractivity contribution in [3.05, 3.63) is 33.4 Å². The summed E-state index contributed by atoms with van der Waals surface area (Å²) in [5.41, 5.74) is 0.711. The van der Waals surface area contributed by atoms with E-state index in [1.807, 2.05) is 0 Å². The first-order valence-corrected chi connectivity index (χ1v) is 8.33. The number of carboxylic acid groups (broad SMARTS) is 1. The number of carbonyl (C=O) groups is 1. The Morgan fingerprint density at radius 3 is 2.25 bits per heavy atom. The molecule has 110 valence electrons. The molecule has 1 heterocycles. The molecule has 0 bridgehead atoms. The van der Waals surface area contributed by atoms with E-state index < -0.39 is 11.5 Å². The van der Waals surface area contributed by atoms with Crippen LogP contribution in [0, 0.1) is 3.57 Å². The van der Waals surface area contributed by atoms with Crippen molar-refractivity contribution < 1.29 is 9.90 Å². The van der Waals surface area contributed by atoms with Gasteiger partial charge in [-0.15, -0.1) is 0 Å². The lowest BCUT2D eigenvalue weighted by Gasteiger charge is -2.40. The van der Waals surface area contributed by atoms with E-state index in [1.54, 1.807) is 0 Å². The van der Waals surface area contributed by atoms with Gasteiger partial charge in [-0.1, -0.05) is 25.0 Å². The SMILES string of the molecule is CC(CC(=O)O)(c1ccc(I)cc1)N1CCCCCC1. The molecule has 0 aromatic heterocycles. The number of likely N-dealkylation sites (tertiary alicyclic amines) is 1. The van der Waals surface area contributed by atoms with Crippen LogP contribution in [0.25, 0.3) is 0 Å². The minimum Gasteiger partial charge on any atom is -0.481 e. The summed E-state index contributed by atoms with van der Waals surface area (Å²) >= 11 is 2.28. The second-order valence-electron chi connectivity index (χ2n) is 5.75. The highest BCUT2D eigenvalue weighted by atomic mass is 127. The van der Waals surface area contributed by atoms with Crippen molar-refractivity contribution in [3.63, 3.8) is 0 Å². The first kappa shape index (κ1) is 15.8. The molecule has 1 aliphatic heterocycles. The van der Waals surface area contributed by atoms with Crippen LogP contribution in [0.3, 0.4) is 0 Å². The molecule has 20 heavy (non-hydrogen) atoms. The molecular formula is C16H22INO2. The molecule has 1 aromatic carbocycles. The van der Waals surface area contributed by atoms with Crippen LogP contribution in [0.1, 0.15) is 44.6 Å². The molecule has 1 fully saturated rings. The Morgan fingerprint density at radius 1 is 1.20 bits per heavy atom. The zero-order chi connectivity index (χ0) is 14.6. The lowest BCUT2D eigenvalue weighted by Crippen LogP contribution is -2.46. The average Bonchev–Trinajstić information content (AvgIpc) is 2.67. The molecule has 2 rings (SSSR count). The van der Waals surface area contributed by atoms with Crippen LogP contribution in [-0.2, 0) is 10.3 Å². The molecule has 0 radical (unpaired) electrons. The largest absolute Gasteiger partial charge is 0.481 e. The Balaban J connectivity index is 2.32. The normalized spacial score (nSPS) is 20.1. The molecule has 4 heteroatoms. The van der Waals surface area contributed by atoms with Gasteiger partial charge in [-0.3, -0.25) is 9.69 Å². The minimum absolute atomic E-state index is 0.160. The third-order valence-electron chi connectivity index (χ3n) is 4.27. The van der Waals surface area contributed by atoms with E-state index >= 15 is 0 Å². The standard InChI is InChI=1S/C16H22INO2/c1-16(12-15(19)20,13-6-8-14(17)9-7-13)18-10-4-2-3-5-11-18/h6-9H,2-5,10-12H2,1H3,(H,19,20). The van der Waals surface area contributed by atoms with Crippen LogP contribution in [0.15, 0.2) is 24.3 Å². The van der Waals surface area contributed by atoms with E-state index in [9.17, 15) is 9.90 Å². The monoisotopic (exact) mass is 387 g/mol. The second kappa shape index (κ2) is 6.89. The molecule has 1 saturated heterocycles. The molecule has 1 atom stereocenters. The zero-order valence-corrected chi connectivity index (χ0v) is 14.1. The minimum atomic E-state index is -0.727. The Kier molecular flexibility index (Phi) is 5.43. The number of hydrogen-bond acceptors (Lipinski definition) is 2. The first-order valence-electron chi connectivity index (χ1n) is 7.25. The number of halogens is 1. The third kappa shape index (κ3) is 3.73. The van der Waals surface area contributed by atoms with Gasteiger partial charge in [-0.25, -0.2) is 0 Å². The summed E-state index contributed by atoms with van der Waals surface area (Å²) in [6.07, 6.45) is 5.01. The first-order chi connectivity index (χ1) is 9.52. The van der Waals surface area contributed by atoms with Gasteiger partial charge in [0.2, 0.25) is 0 Å². The molecule has 1 aromatic rings. The Labute approximate surface area is 134 Å². The van der Waals surface area contributed by atoms with Crippen molar-refractivity contribution in [1.29, 1.82) is 0 Å². The molecular weight excluding hydrogens is 365 g/mol. The summed E-state index contributed by atoms with van der Waals surface area (Å²) < 4.78 is 1.18. The van der Waals surface area contributed by atoms with Gasteiger partial charge < -0.3 is 5.11 Å². The lowest BCUT2D eigenvalue weighted by atomic mass is 9.86. The van der Waals surface area contributed by atoms with Crippen LogP contribution in [0.4, 0.5) is 0 Å². The summed E-state index contributed by atoms with van der Waals surface area (Å²) in [5, 5.41) is 9.34. The highest BCUT2D eigenvalue weighted by Crippen LogP contribution is 2.34. The molecule has 1 aliphatic rings. The summed E-state index contributed by atoms with van der Waals surface area (Å²) in [5.74, 6) is -0.727. The average molecular weight is 387 g/mol. The van der Waals surface area contributed by atoms with Gasteiger partial charge in [0.05, 0.1) is 12.0 Å². The van der Waals surface area contributed by atoms with Crippen LogP contribution in [0.5, 0.6) is 0 Å². The highest BCUT2D eigenvalue weighted by Gasteiger charge is 2.36. The number of carboxylic acids is 1. The zero-order valence-electron chi connectivity index (χ0n) is 11.9. The number of nitrogens with zero attached hydrogens (tertiary/aromatic N) is 1. The van der Waals surface area contributed by atoms with Crippen molar-refractivity contribution in [2.75, 3.05) is 13.1 Å². The number of benzene rings is 1. The van der Waals surface area contributed by atoms with Crippen LogP contribution in [-0.4, -0.2) is 29.1 Å². The molecule has 1 unspecified atom stereocenters. The van der Waals surface area contributed by atoms with Gasteiger partial charge in [0, 0.05) is 3.57 Å². The topological polar surface area (TPSA) is 40.5 Å². The predicted octanol–water partition coefficient (Wildman–Crippen LogP) is 3.86. The smallest absolute Gasteiger partial charge is 0.305 e. The Bertz CT molecular complexity index is 452. The van der Waals surface area contributed by atoms with Crippen molar-refractivity contribution in [3.8, 4) is 0 Å². The summed E-state index contributed by atoms with van der Waals surface area (Å²) in [6, 6.07) is 8.28. The van der Waals surface area contributed by atoms with Gasteiger partial charge in [-0.2, -0.15) is 0 Å². The third-order valence-corrected chi connectivity index (χ3v) is 4.98. The van der Waals surface area contributed by atoms with E-state index in [2.05, 4.69) is 58.7 Å². The summed E-state index contributed by atoms with van der Waals surface area (Å²) in [7, 11) is 0. The van der Waals surface area contributed by atoms with E-state index in [0.29, 0.717) is 0 Å². The van der Waals surface area contributed by atoms with Crippen molar-refractivity contribution >= 4 is 28.6 Å². The molecule has 0 spiro atoms. The maximum atomic E-state index is 11.4. The van der Waals surface area contributed by atoms with Crippen molar-refractivity contribution in [2.45, 2.75) is 44.6 Å². The second-order valence-corrected chi connectivity index (χ2v) is 7.00. The molecule has 0 saturated carbocycles. The van der Waals surface area contributed by atoms with E-state index in [-0.39, 0.29) is 6.42 Å². The Morgan fingerprint density at radius 2 is 1.75 bits per heavy atom. The Hall–Kier alpha value is -0.620. The van der Waals surface area contributed by atoms with Gasteiger partial charge in [-0.05, 0) is 73.1 Å².